The molecule has 0 bridgehead atoms. The van der Waals surface area contributed by atoms with Crippen molar-refractivity contribution in [3.8, 4) is 11.5 Å². The van der Waals surface area contributed by atoms with Crippen molar-refractivity contribution in [2.75, 3.05) is 31.3 Å². The fraction of sp³-hybridized carbons (Fsp3) is 0.500. The predicted molar refractivity (Wildman–Crippen MR) is 73.1 cm³/mol. The van der Waals surface area contributed by atoms with Gasteiger partial charge in [0.2, 0.25) is 0 Å². The Labute approximate surface area is 117 Å². The van der Waals surface area contributed by atoms with E-state index >= 15 is 0 Å². The van der Waals surface area contributed by atoms with Crippen LogP contribution in [0.3, 0.4) is 0 Å². The first-order chi connectivity index (χ1) is 9.71. The summed E-state index contributed by atoms with van der Waals surface area (Å²) in [6.07, 6.45) is 0.485. The van der Waals surface area contributed by atoms with Gasteiger partial charge < -0.3 is 24.6 Å². The van der Waals surface area contributed by atoms with Crippen LogP contribution < -0.4 is 14.4 Å². The van der Waals surface area contributed by atoms with Crippen LogP contribution in [0.4, 0.5) is 5.69 Å². The van der Waals surface area contributed by atoms with Crippen LogP contribution in [0.5, 0.6) is 11.5 Å². The average Bonchev–Trinajstić information content (AvgIpc) is 2.46. The van der Waals surface area contributed by atoms with Gasteiger partial charge in [-0.05, 0) is 31.0 Å². The van der Waals surface area contributed by atoms with Crippen molar-refractivity contribution in [1.82, 2.24) is 0 Å². The lowest BCUT2D eigenvalue weighted by molar-refractivity contribution is -0.121. The molecule has 20 heavy (non-hydrogen) atoms. The van der Waals surface area contributed by atoms with Crippen LogP contribution in [0.2, 0.25) is 0 Å². The second-order valence-electron chi connectivity index (χ2n) is 4.44. The second-order valence-corrected chi connectivity index (χ2v) is 4.44. The number of aliphatic hydroxyl groups is 2. The highest BCUT2D eigenvalue weighted by molar-refractivity contribution is 5.98. The fourth-order valence-corrected chi connectivity index (χ4v) is 2.16. The van der Waals surface area contributed by atoms with E-state index in [4.69, 9.17) is 14.6 Å². The van der Waals surface area contributed by atoms with Gasteiger partial charge in [0.05, 0.1) is 18.9 Å². The van der Waals surface area contributed by atoms with Crippen molar-refractivity contribution in [3.05, 3.63) is 17.7 Å². The number of aliphatic hydroxyl groups excluding tert-OH is 2. The number of carbonyl (C=O) groups excluding carboxylic acids is 1. The third-order valence-electron chi connectivity index (χ3n) is 3.05. The number of rotatable bonds is 6. The van der Waals surface area contributed by atoms with Crippen LogP contribution >= 0.6 is 0 Å². The predicted octanol–water partition coefficient (Wildman–Crippen LogP) is 0.685. The van der Waals surface area contributed by atoms with Crippen LogP contribution in [0.15, 0.2) is 12.1 Å². The van der Waals surface area contributed by atoms with Gasteiger partial charge in [-0.3, -0.25) is 4.79 Å². The molecular weight excluding hydrogens is 262 g/mol. The van der Waals surface area contributed by atoms with E-state index in [1.807, 2.05) is 6.92 Å². The molecule has 0 saturated carbocycles. The summed E-state index contributed by atoms with van der Waals surface area (Å²) >= 11 is 0. The van der Waals surface area contributed by atoms with E-state index in [0.717, 1.165) is 0 Å². The Bertz CT molecular complexity index is 489. The largest absolute Gasteiger partial charge is 0.490 e. The maximum atomic E-state index is 11.9. The minimum absolute atomic E-state index is 0.0119. The van der Waals surface area contributed by atoms with Gasteiger partial charge >= 0.3 is 0 Å². The van der Waals surface area contributed by atoms with Crippen molar-refractivity contribution in [2.24, 2.45) is 0 Å². The molecule has 0 spiro atoms. The van der Waals surface area contributed by atoms with Gasteiger partial charge in [-0.2, -0.15) is 0 Å². The summed E-state index contributed by atoms with van der Waals surface area (Å²) < 4.78 is 11.0. The molecule has 1 amide bonds. The Morgan fingerprint density at radius 3 is 2.85 bits per heavy atom. The normalized spacial score (nSPS) is 13.9. The number of benzene rings is 1. The Morgan fingerprint density at radius 2 is 2.20 bits per heavy atom. The molecule has 1 heterocycles. The van der Waals surface area contributed by atoms with Crippen LogP contribution in [-0.2, 0) is 11.4 Å². The summed E-state index contributed by atoms with van der Waals surface area (Å²) in [4.78, 5) is 13.5. The van der Waals surface area contributed by atoms with Crippen LogP contribution in [-0.4, -0.2) is 42.5 Å². The van der Waals surface area contributed by atoms with E-state index < -0.39 is 0 Å². The standard InChI is InChI=1S/C14H19NO5/c1-2-19-12-7-10(8-17)6-11-14(12)20-9-13(18)15(11)4-3-5-16/h6-7,16-17H,2-5,8-9H2,1H3. The molecular formula is C14H19NO5. The lowest BCUT2D eigenvalue weighted by Crippen LogP contribution is -2.39. The lowest BCUT2D eigenvalue weighted by Gasteiger charge is -2.30. The summed E-state index contributed by atoms with van der Waals surface area (Å²) in [6, 6.07) is 3.43. The monoisotopic (exact) mass is 281 g/mol. The van der Waals surface area contributed by atoms with Gasteiger partial charge in [0.15, 0.2) is 18.1 Å². The minimum atomic E-state index is -0.163. The van der Waals surface area contributed by atoms with E-state index in [9.17, 15) is 9.90 Å². The number of carbonyl (C=O) groups is 1. The topological polar surface area (TPSA) is 79.2 Å². The second kappa shape index (κ2) is 6.58. The molecule has 6 heteroatoms. The Kier molecular flexibility index (Phi) is 4.81. The Hall–Kier alpha value is -1.79. The maximum absolute atomic E-state index is 11.9. The highest BCUT2D eigenvalue weighted by Gasteiger charge is 2.28. The van der Waals surface area contributed by atoms with Gasteiger partial charge in [0, 0.05) is 13.2 Å². The van der Waals surface area contributed by atoms with Gasteiger partial charge in [-0.25, -0.2) is 0 Å². The number of hydrogen-bond acceptors (Lipinski definition) is 5. The third kappa shape index (κ3) is 2.86. The number of fused-ring (bicyclic) bond motifs is 1. The molecule has 0 radical (unpaired) electrons. The molecule has 110 valence electrons. The lowest BCUT2D eigenvalue weighted by atomic mass is 10.1. The molecule has 0 aromatic heterocycles. The van der Waals surface area contributed by atoms with E-state index in [0.29, 0.717) is 42.3 Å². The zero-order chi connectivity index (χ0) is 14.5. The molecule has 1 aromatic rings. The number of ether oxygens (including phenoxy) is 2. The van der Waals surface area contributed by atoms with E-state index in [-0.39, 0.29) is 25.7 Å². The highest BCUT2D eigenvalue weighted by atomic mass is 16.5. The first-order valence-electron chi connectivity index (χ1n) is 6.65. The fourth-order valence-electron chi connectivity index (χ4n) is 2.16. The van der Waals surface area contributed by atoms with Crippen molar-refractivity contribution >= 4 is 11.6 Å². The van der Waals surface area contributed by atoms with E-state index in [2.05, 4.69) is 0 Å². The highest BCUT2D eigenvalue weighted by Crippen LogP contribution is 2.41. The first kappa shape index (κ1) is 14.6. The van der Waals surface area contributed by atoms with Crippen molar-refractivity contribution < 1.29 is 24.5 Å². The van der Waals surface area contributed by atoms with E-state index in [1.54, 1.807) is 17.0 Å². The van der Waals surface area contributed by atoms with Crippen LogP contribution in [0.25, 0.3) is 0 Å². The summed E-state index contributed by atoms with van der Waals surface area (Å²) in [7, 11) is 0. The Morgan fingerprint density at radius 1 is 1.40 bits per heavy atom. The SMILES string of the molecule is CCOc1cc(CO)cc2c1OCC(=O)N2CCCO. The number of hydrogen-bond donors (Lipinski definition) is 2. The number of anilines is 1. The zero-order valence-electron chi connectivity index (χ0n) is 11.5. The summed E-state index contributed by atoms with van der Waals surface area (Å²) in [5.74, 6) is 0.876. The van der Waals surface area contributed by atoms with Crippen LogP contribution in [0.1, 0.15) is 18.9 Å². The van der Waals surface area contributed by atoms with E-state index in [1.165, 1.54) is 0 Å². The third-order valence-corrected chi connectivity index (χ3v) is 3.05. The number of nitrogens with zero attached hydrogens (tertiary/aromatic N) is 1. The van der Waals surface area contributed by atoms with Crippen molar-refractivity contribution in [3.63, 3.8) is 0 Å². The molecule has 0 aliphatic carbocycles. The van der Waals surface area contributed by atoms with Gasteiger partial charge in [-0.15, -0.1) is 0 Å². The Balaban J connectivity index is 2.43. The molecule has 1 aromatic carbocycles. The summed E-state index contributed by atoms with van der Waals surface area (Å²) in [6.45, 7) is 2.56. The smallest absolute Gasteiger partial charge is 0.265 e. The molecule has 0 fully saturated rings. The molecule has 1 aliphatic heterocycles. The van der Waals surface area contributed by atoms with Gasteiger partial charge in [-0.1, -0.05) is 0 Å². The van der Waals surface area contributed by atoms with Crippen LogP contribution in [0, 0.1) is 0 Å². The molecule has 0 atom stereocenters. The first-order valence-corrected chi connectivity index (χ1v) is 6.65. The van der Waals surface area contributed by atoms with Gasteiger partial charge in [0.1, 0.15) is 0 Å². The summed E-state index contributed by atoms with van der Waals surface area (Å²) in [5.41, 5.74) is 1.24. The van der Waals surface area contributed by atoms with Crippen molar-refractivity contribution in [1.29, 1.82) is 0 Å². The molecule has 0 unspecified atom stereocenters. The quantitative estimate of drug-likeness (QED) is 0.802. The average molecular weight is 281 g/mol. The zero-order valence-corrected chi connectivity index (χ0v) is 11.5. The van der Waals surface area contributed by atoms with Gasteiger partial charge in [0.25, 0.3) is 5.91 Å². The summed E-state index contributed by atoms with van der Waals surface area (Å²) in [5, 5.41) is 18.3. The molecule has 6 nitrogen and oxygen atoms in total. The number of amides is 1. The van der Waals surface area contributed by atoms with Crippen molar-refractivity contribution in [2.45, 2.75) is 20.0 Å². The minimum Gasteiger partial charge on any atom is -0.490 e. The molecule has 1 aliphatic rings. The molecule has 2 rings (SSSR count). The molecule has 0 saturated heterocycles. The maximum Gasteiger partial charge on any atom is 0.265 e. The molecule has 2 N–H and O–H groups in total.